The van der Waals surface area contributed by atoms with Gasteiger partial charge in [0.05, 0.1) is 6.61 Å². The van der Waals surface area contributed by atoms with Crippen molar-refractivity contribution in [3.63, 3.8) is 0 Å². The van der Waals surface area contributed by atoms with E-state index >= 15 is 0 Å². The molecule has 0 aliphatic rings. The van der Waals surface area contributed by atoms with Crippen molar-refractivity contribution in [2.75, 3.05) is 20.8 Å². The third-order valence-corrected chi connectivity index (χ3v) is 2.44. The minimum Gasteiger partial charge on any atom is -0.290 e. The predicted octanol–water partition coefficient (Wildman–Crippen LogP) is 2.45. The molecule has 0 aliphatic heterocycles. The monoisotopic (exact) mass is 196 g/mol. The minimum atomic E-state index is -3.28. The summed E-state index contributed by atoms with van der Waals surface area (Å²) in [6.07, 6.45) is 0. The zero-order chi connectivity index (χ0) is 9.83. The summed E-state index contributed by atoms with van der Waals surface area (Å²) in [5.74, 6) is 0. The maximum absolute atomic E-state index is 11.3. The molecule has 0 spiro atoms. The summed E-state index contributed by atoms with van der Waals surface area (Å²) in [6.45, 7) is 6.26. The molecule has 0 heterocycles. The van der Waals surface area contributed by atoms with Crippen molar-refractivity contribution in [3.05, 3.63) is 0 Å². The highest BCUT2D eigenvalue weighted by Crippen LogP contribution is 2.48. The van der Waals surface area contributed by atoms with Gasteiger partial charge in [0.2, 0.25) is 0 Å². The second-order valence-corrected chi connectivity index (χ2v) is 5.53. The highest BCUT2D eigenvalue weighted by molar-refractivity contribution is 7.48. The second kappa shape index (κ2) is 4.38. The number of phosphoric ester groups is 1. The Morgan fingerprint density at radius 1 is 1.17 bits per heavy atom. The van der Waals surface area contributed by atoms with E-state index in [4.69, 9.17) is 4.52 Å². The van der Waals surface area contributed by atoms with Crippen LogP contribution in [-0.4, -0.2) is 20.8 Å². The third kappa shape index (κ3) is 4.88. The number of hydrogen-bond donors (Lipinski definition) is 0. The molecule has 12 heavy (non-hydrogen) atoms. The second-order valence-electron chi connectivity index (χ2n) is 3.65. The van der Waals surface area contributed by atoms with Gasteiger partial charge in [-0.05, 0) is 5.41 Å². The van der Waals surface area contributed by atoms with Crippen molar-refractivity contribution in [1.29, 1.82) is 0 Å². The molecule has 0 aromatic rings. The van der Waals surface area contributed by atoms with Crippen LogP contribution in [0.4, 0.5) is 0 Å². The molecule has 0 radical (unpaired) electrons. The van der Waals surface area contributed by atoms with E-state index in [1.54, 1.807) is 0 Å². The van der Waals surface area contributed by atoms with Gasteiger partial charge in [-0.25, -0.2) is 4.57 Å². The molecule has 74 valence electrons. The van der Waals surface area contributed by atoms with Crippen LogP contribution in [-0.2, 0) is 18.1 Å². The van der Waals surface area contributed by atoms with Crippen molar-refractivity contribution in [2.24, 2.45) is 5.41 Å². The van der Waals surface area contributed by atoms with Crippen molar-refractivity contribution in [3.8, 4) is 0 Å². The lowest BCUT2D eigenvalue weighted by Crippen LogP contribution is -2.14. The summed E-state index contributed by atoms with van der Waals surface area (Å²) in [4.78, 5) is 0. The van der Waals surface area contributed by atoms with Gasteiger partial charge in [0.15, 0.2) is 0 Å². The average Bonchev–Trinajstić information content (AvgIpc) is 1.99. The molecule has 4 nitrogen and oxygen atoms in total. The predicted molar refractivity (Wildman–Crippen MR) is 47.0 cm³/mol. The van der Waals surface area contributed by atoms with E-state index in [0.29, 0.717) is 6.61 Å². The Labute approximate surface area is 73.8 Å². The lowest BCUT2D eigenvalue weighted by molar-refractivity contribution is 0.112. The van der Waals surface area contributed by atoms with E-state index in [1.165, 1.54) is 14.2 Å². The first-order chi connectivity index (χ1) is 5.33. The summed E-state index contributed by atoms with van der Waals surface area (Å²) in [7, 11) is -0.680. The fourth-order valence-electron chi connectivity index (χ4n) is 0.453. The van der Waals surface area contributed by atoms with Crippen LogP contribution in [0.2, 0.25) is 0 Å². The summed E-state index contributed by atoms with van der Waals surface area (Å²) in [5, 5.41) is 0. The lowest BCUT2D eigenvalue weighted by atomic mass is 9.99. The molecule has 0 saturated carbocycles. The number of phosphoric acid groups is 1. The maximum atomic E-state index is 11.3. The molecule has 0 saturated heterocycles. The van der Waals surface area contributed by atoms with Crippen molar-refractivity contribution < 1.29 is 18.1 Å². The van der Waals surface area contributed by atoms with Gasteiger partial charge in [0.25, 0.3) is 0 Å². The molecular weight excluding hydrogens is 179 g/mol. The van der Waals surface area contributed by atoms with Crippen molar-refractivity contribution in [1.82, 2.24) is 0 Å². The molecule has 0 bridgehead atoms. The number of hydrogen-bond acceptors (Lipinski definition) is 4. The topological polar surface area (TPSA) is 44.8 Å². The van der Waals surface area contributed by atoms with Crippen LogP contribution >= 0.6 is 7.82 Å². The first kappa shape index (κ1) is 12.1. The SMILES string of the molecule is COP(=O)(OC)OCC(C)(C)C. The molecule has 0 aromatic carbocycles. The quantitative estimate of drug-likeness (QED) is 0.648. The van der Waals surface area contributed by atoms with Crippen LogP contribution in [0, 0.1) is 5.41 Å². The summed E-state index contributed by atoms with van der Waals surface area (Å²) in [5.41, 5.74) is -0.0489. The van der Waals surface area contributed by atoms with Crippen LogP contribution < -0.4 is 0 Å². The molecular formula is C7H17O4P. The Hall–Kier alpha value is 0.110. The Kier molecular flexibility index (Phi) is 4.42. The van der Waals surface area contributed by atoms with Crippen LogP contribution in [0.25, 0.3) is 0 Å². The lowest BCUT2D eigenvalue weighted by Gasteiger charge is -2.21. The molecule has 0 fully saturated rings. The normalized spacial score (nSPS) is 13.4. The molecule has 0 N–H and O–H groups in total. The van der Waals surface area contributed by atoms with Crippen molar-refractivity contribution in [2.45, 2.75) is 20.8 Å². The van der Waals surface area contributed by atoms with Gasteiger partial charge in [0.1, 0.15) is 0 Å². The third-order valence-electron chi connectivity index (χ3n) is 1.10. The Morgan fingerprint density at radius 2 is 1.58 bits per heavy atom. The van der Waals surface area contributed by atoms with Gasteiger partial charge in [-0.3, -0.25) is 13.6 Å². The Morgan fingerprint density at radius 3 is 1.83 bits per heavy atom. The first-order valence-electron chi connectivity index (χ1n) is 3.69. The fourth-order valence-corrected chi connectivity index (χ4v) is 1.36. The molecule has 0 amide bonds. The van der Waals surface area contributed by atoms with E-state index < -0.39 is 7.82 Å². The van der Waals surface area contributed by atoms with Gasteiger partial charge in [-0.1, -0.05) is 20.8 Å². The van der Waals surface area contributed by atoms with Crippen LogP contribution in [0.1, 0.15) is 20.8 Å². The first-order valence-corrected chi connectivity index (χ1v) is 5.15. The van der Waals surface area contributed by atoms with E-state index in [-0.39, 0.29) is 5.41 Å². The van der Waals surface area contributed by atoms with Crippen molar-refractivity contribution >= 4 is 7.82 Å². The number of rotatable bonds is 4. The zero-order valence-corrected chi connectivity index (χ0v) is 9.18. The summed E-state index contributed by atoms with van der Waals surface area (Å²) in [6, 6.07) is 0. The highest BCUT2D eigenvalue weighted by Gasteiger charge is 2.25. The van der Waals surface area contributed by atoms with E-state index in [0.717, 1.165) is 0 Å². The smallest absolute Gasteiger partial charge is 0.290 e. The zero-order valence-electron chi connectivity index (χ0n) is 8.29. The molecule has 5 heteroatoms. The Balaban J connectivity index is 3.99. The molecule has 0 aromatic heterocycles. The van der Waals surface area contributed by atoms with E-state index in [1.807, 2.05) is 20.8 Å². The van der Waals surface area contributed by atoms with Crippen LogP contribution in [0.5, 0.6) is 0 Å². The molecule has 0 atom stereocenters. The molecule has 0 unspecified atom stereocenters. The van der Waals surface area contributed by atoms with E-state index in [2.05, 4.69) is 9.05 Å². The summed E-state index contributed by atoms with van der Waals surface area (Å²) < 4.78 is 25.5. The largest absolute Gasteiger partial charge is 0.474 e. The molecule has 0 aliphatic carbocycles. The van der Waals surface area contributed by atoms with Gasteiger partial charge in [-0.2, -0.15) is 0 Å². The van der Waals surface area contributed by atoms with Gasteiger partial charge >= 0.3 is 7.82 Å². The fraction of sp³-hybridized carbons (Fsp3) is 1.00. The summed E-state index contributed by atoms with van der Waals surface area (Å²) >= 11 is 0. The van der Waals surface area contributed by atoms with E-state index in [9.17, 15) is 4.57 Å². The Bertz CT molecular complexity index is 165. The molecule has 0 rings (SSSR count). The van der Waals surface area contributed by atoms with Gasteiger partial charge in [-0.15, -0.1) is 0 Å². The highest BCUT2D eigenvalue weighted by atomic mass is 31.2. The van der Waals surface area contributed by atoms with Crippen LogP contribution in [0.3, 0.4) is 0 Å². The standard InChI is InChI=1S/C7H17O4P/c1-7(2,3)6-11-12(8,9-4)10-5/h6H2,1-5H3. The van der Waals surface area contributed by atoms with Crippen LogP contribution in [0.15, 0.2) is 0 Å². The van der Waals surface area contributed by atoms with Gasteiger partial charge < -0.3 is 0 Å². The van der Waals surface area contributed by atoms with Gasteiger partial charge in [0, 0.05) is 14.2 Å². The maximum Gasteiger partial charge on any atom is 0.474 e. The minimum absolute atomic E-state index is 0.0489. The average molecular weight is 196 g/mol.